The van der Waals surface area contributed by atoms with Crippen LogP contribution in [0.1, 0.15) is 24.4 Å². The first-order valence-corrected chi connectivity index (χ1v) is 12.6. The Morgan fingerprint density at radius 2 is 1.61 bits per heavy atom. The van der Waals surface area contributed by atoms with Crippen molar-refractivity contribution < 1.29 is 17.9 Å². The lowest BCUT2D eigenvalue weighted by Gasteiger charge is -2.16. The lowest BCUT2D eigenvalue weighted by Crippen LogP contribution is -2.30. The van der Waals surface area contributed by atoms with E-state index in [-0.39, 0.29) is 24.2 Å². The van der Waals surface area contributed by atoms with Crippen LogP contribution in [-0.4, -0.2) is 30.1 Å². The van der Waals surface area contributed by atoms with Crippen LogP contribution in [0.4, 0.5) is 0 Å². The number of hydrogen-bond donors (Lipinski definition) is 1. The van der Waals surface area contributed by atoms with E-state index in [2.05, 4.69) is 10.3 Å². The zero-order valence-corrected chi connectivity index (χ0v) is 19.2. The molecule has 1 unspecified atom stereocenters. The molecule has 7 nitrogen and oxygen atoms in total. The van der Waals surface area contributed by atoms with E-state index in [4.69, 9.17) is 4.74 Å². The summed E-state index contributed by atoms with van der Waals surface area (Å²) in [5, 5.41) is 2.98. The molecule has 33 heavy (non-hydrogen) atoms. The number of ether oxygens (including phenoxy) is 1. The molecule has 0 radical (unpaired) electrons. The molecule has 1 atom stereocenters. The van der Waals surface area contributed by atoms with Crippen molar-refractivity contribution in [1.29, 1.82) is 0 Å². The van der Waals surface area contributed by atoms with Crippen molar-refractivity contribution >= 4 is 26.8 Å². The molecule has 0 bridgehead atoms. The molecule has 0 aliphatic heterocycles. The topological polar surface area (TPSA) is 90.3 Å². The van der Waals surface area contributed by atoms with Crippen molar-refractivity contribution in [1.82, 2.24) is 14.9 Å². The van der Waals surface area contributed by atoms with Crippen LogP contribution in [-0.2, 0) is 26.9 Å². The van der Waals surface area contributed by atoms with Crippen molar-refractivity contribution in [2.24, 2.45) is 0 Å². The second-order valence-electron chi connectivity index (χ2n) is 7.95. The van der Waals surface area contributed by atoms with Crippen LogP contribution < -0.4 is 10.1 Å². The molecule has 0 spiro atoms. The predicted octanol–water partition coefficient (Wildman–Crippen LogP) is 4.25. The van der Waals surface area contributed by atoms with Crippen LogP contribution in [0.25, 0.3) is 11.0 Å². The summed E-state index contributed by atoms with van der Waals surface area (Å²) in [7, 11) is -3.30. The number of rotatable bonds is 8. The first kappa shape index (κ1) is 22.5. The summed E-state index contributed by atoms with van der Waals surface area (Å²) in [6, 6.07) is 24.1. The van der Waals surface area contributed by atoms with E-state index in [1.165, 1.54) is 0 Å². The Hall–Kier alpha value is -3.65. The highest BCUT2D eigenvalue weighted by Gasteiger charge is 2.18. The van der Waals surface area contributed by atoms with Gasteiger partial charge in [0.05, 0.1) is 17.1 Å². The van der Waals surface area contributed by atoms with E-state index < -0.39 is 9.84 Å². The van der Waals surface area contributed by atoms with Gasteiger partial charge in [0, 0.05) is 6.26 Å². The maximum absolute atomic E-state index is 12.8. The Kier molecular flexibility index (Phi) is 6.46. The van der Waals surface area contributed by atoms with Gasteiger partial charge in [-0.2, -0.15) is 0 Å². The van der Waals surface area contributed by atoms with Gasteiger partial charge in [0.2, 0.25) is 5.91 Å². The number of hydrogen-bond acceptors (Lipinski definition) is 5. The first-order chi connectivity index (χ1) is 15.8. The van der Waals surface area contributed by atoms with Gasteiger partial charge < -0.3 is 14.6 Å². The van der Waals surface area contributed by atoms with Crippen molar-refractivity contribution in [3.63, 3.8) is 0 Å². The molecular weight excluding hydrogens is 438 g/mol. The van der Waals surface area contributed by atoms with Crippen LogP contribution >= 0.6 is 0 Å². The fourth-order valence-electron chi connectivity index (χ4n) is 3.61. The SMILES string of the molecule is CC(NC(=O)Cn1c(CS(C)(=O)=O)nc2ccccc21)c1ccc(Oc2ccccc2)cc1. The van der Waals surface area contributed by atoms with E-state index >= 15 is 0 Å². The van der Waals surface area contributed by atoms with Gasteiger partial charge in [-0.1, -0.05) is 42.5 Å². The van der Waals surface area contributed by atoms with Crippen molar-refractivity contribution in [2.75, 3.05) is 6.26 Å². The molecular formula is C25H25N3O4S. The number of fused-ring (bicyclic) bond motifs is 1. The number of imidazole rings is 1. The van der Waals surface area contributed by atoms with Gasteiger partial charge in [0.15, 0.2) is 9.84 Å². The Labute approximate surface area is 193 Å². The third kappa shape index (κ3) is 5.78. The maximum Gasteiger partial charge on any atom is 0.240 e. The Morgan fingerprint density at radius 1 is 0.970 bits per heavy atom. The minimum absolute atomic E-state index is 0.0229. The maximum atomic E-state index is 12.8. The summed E-state index contributed by atoms with van der Waals surface area (Å²) in [6.07, 6.45) is 1.16. The number of benzene rings is 3. The summed E-state index contributed by atoms with van der Waals surface area (Å²) in [5.41, 5.74) is 2.31. The van der Waals surface area contributed by atoms with Crippen LogP contribution in [0.2, 0.25) is 0 Å². The largest absolute Gasteiger partial charge is 0.457 e. The second kappa shape index (κ2) is 9.46. The minimum Gasteiger partial charge on any atom is -0.457 e. The van der Waals surface area contributed by atoms with E-state index in [0.29, 0.717) is 17.1 Å². The van der Waals surface area contributed by atoms with E-state index in [0.717, 1.165) is 23.1 Å². The molecule has 4 aromatic rings. The zero-order valence-electron chi connectivity index (χ0n) is 18.4. The molecule has 0 saturated carbocycles. The van der Waals surface area contributed by atoms with Gasteiger partial charge in [-0.15, -0.1) is 0 Å². The standard InChI is InChI=1S/C25H25N3O4S/c1-18(19-12-14-21(15-13-19)32-20-8-4-3-5-9-20)26-25(29)16-28-23-11-7-6-10-22(23)27-24(28)17-33(2,30)31/h3-15,18H,16-17H2,1-2H3,(H,26,29). The molecule has 1 aromatic heterocycles. The van der Waals surface area contributed by atoms with Gasteiger partial charge in [0.25, 0.3) is 0 Å². The molecule has 0 fully saturated rings. The first-order valence-electron chi connectivity index (χ1n) is 10.5. The lowest BCUT2D eigenvalue weighted by atomic mass is 10.1. The molecule has 1 N–H and O–H groups in total. The predicted molar refractivity (Wildman–Crippen MR) is 128 cm³/mol. The number of nitrogens with one attached hydrogen (secondary N) is 1. The molecule has 0 saturated heterocycles. The van der Waals surface area contributed by atoms with Crippen LogP contribution in [0.3, 0.4) is 0 Å². The number of amides is 1. The highest BCUT2D eigenvalue weighted by atomic mass is 32.2. The smallest absolute Gasteiger partial charge is 0.240 e. The number of carbonyl (C=O) groups excluding carboxylic acids is 1. The van der Waals surface area contributed by atoms with E-state index in [1.807, 2.05) is 79.7 Å². The molecule has 8 heteroatoms. The Morgan fingerprint density at radius 3 is 2.30 bits per heavy atom. The average Bonchev–Trinajstić information content (AvgIpc) is 3.10. The minimum atomic E-state index is -3.30. The molecule has 1 heterocycles. The van der Waals surface area contributed by atoms with Crippen LogP contribution in [0.5, 0.6) is 11.5 Å². The second-order valence-corrected chi connectivity index (χ2v) is 10.1. The van der Waals surface area contributed by atoms with Gasteiger partial charge in [0.1, 0.15) is 29.6 Å². The summed E-state index contributed by atoms with van der Waals surface area (Å²) in [6.45, 7) is 1.87. The number of nitrogens with zero attached hydrogens (tertiary/aromatic N) is 2. The summed E-state index contributed by atoms with van der Waals surface area (Å²) >= 11 is 0. The Balaban J connectivity index is 1.45. The third-order valence-corrected chi connectivity index (χ3v) is 5.95. The summed E-state index contributed by atoms with van der Waals surface area (Å²) in [4.78, 5) is 17.3. The highest BCUT2D eigenvalue weighted by molar-refractivity contribution is 7.89. The summed E-state index contributed by atoms with van der Waals surface area (Å²) in [5.74, 6) is 1.35. The quantitative estimate of drug-likeness (QED) is 0.422. The van der Waals surface area contributed by atoms with Crippen molar-refractivity contribution in [2.45, 2.75) is 25.3 Å². The molecule has 3 aromatic carbocycles. The number of para-hydroxylation sites is 3. The number of sulfone groups is 1. The van der Waals surface area contributed by atoms with E-state index in [9.17, 15) is 13.2 Å². The van der Waals surface area contributed by atoms with Crippen LogP contribution in [0.15, 0.2) is 78.9 Å². The number of aromatic nitrogens is 2. The van der Waals surface area contributed by atoms with Gasteiger partial charge in [-0.05, 0) is 48.9 Å². The Bertz CT molecular complexity index is 1360. The fraction of sp³-hybridized carbons (Fsp3) is 0.200. The molecule has 0 aliphatic carbocycles. The monoisotopic (exact) mass is 463 g/mol. The normalized spacial score (nSPS) is 12.4. The van der Waals surface area contributed by atoms with E-state index in [1.54, 1.807) is 10.6 Å². The third-order valence-electron chi connectivity index (χ3n) is 5.16. The molecule has 0 aliphatic rings. The fourth-order valence-corrected chi connectivity index (χ4v) is 4.30. The van der Waals surface area contributed by atoms with Crippen molar-refractivity contribution in [3.05, 3.63) is 90.3 Å². The van der Waals surface area contributed by atoms with Gasteiger partial charge in [-0.25, -0.2) is 13.4 Å². The average molecular weight is 464 g/mol. The lowest BCUT2D eigenvalue weighted by molar-refractivity contribution is -0.122. The molecule has 1 amide bonds. The number of carbonyl (C=O) groups is 1. The van der Waals surface area contributed by atoms with Crippen molar-refractivity contribution in [3.8, 4) is 11.5 Å². The summed E-state index contributed by atoms with van der Waals surface area (Å²) < 4.78 is 31.2. The van der Waals surface area contributed by atoms with Crippen LogP contribution in [0, 0.1) is 0 Å². The van der Waals surface area contributed by atoms with Gasteiger partial charge >= 0.3 is 0 Å². The highest BCUT2D eigenvalue weighted by Crippen LogP contribution is 2.23. The zero-order chi connectivity index (χ0) is 23.4. The molecule has 4 rings (SSSR count). The molecule has 170 valence electrons. The van der Waals surface area contributed by atoms with Gasteiger partial charge in [-0.3, -0.25) is 4.79 Å².